The summed E-state index contributed by atoms with van der Waals surface area (Å²) in [4.78, 5) is 6.57. The average molecular weight is 270 g/mol. The van der Waals surface area contributed by atoms with Gasteiger partial charge < -0.3 is 10.2 Å². The van der Waals surface area contributed by atoms with Crippen molar-refractivity contribution in [3.8, 4) is 5.75 Å². The van der Waals surface area contributed by atoms with Crippen LogP contribution in [0, 0.1) is 0 Å². The van der Waals surface area contributed by atoms with Crippen molar-refractivity contribution in [3.05, 3.63) is 53.7 Å². The lowest BCUT2D eigenvalue weighted by Gasteiger charge is -2.20. The highest BCUT2D eigenvalue weighted by Crippen LogP contribution is 2.24. The second-order valence-corrected chi connectivity index (χ2v) is 4.82. The van der Waals surface area contributed by atoms with Gasteiger partial charge >= 0.3 is 0 Å². The van der Waals surface area contributed by atoms with E-state index in [4.69, 9.17) is 10.6 Å². The smallest absolute Gasteiger partial charge is 0.144 e. The van der Waals surface area contributed by atoms with Gasteiger partial charge in [-0.3, -0.25) is 4.90 Å². The summed E-state index contributed by atoms with van der Waals surface area (Å²) in [7, 11) is 0. The Morgan fingerprint density at radius 1 is 1.25 bits per heavy atom. The molecule has 0 amide bonds. The number of nitrogen functional groups attached to an aromatic ring is 1. The molecule has 20 heavy (non-hydrogen) atoms. The molecule has 3 rings (SSSR count). The molecular weight excluding hydrogens is 252 g/mol. The summed E-state index contributed by atoms with van der Waals surface area (Å²) in [5.74, 6) is 7.22. The van der Waals surface area contributed by atoms with Crippen molar-refractivity contribution in [2.45, 2.75) is 13.1 Å². The first-order valence-corrected chi connectivity index (χ1v) is 6.70. The van der Waals surface area contributed by atoms with Gasteiger partial charge in [-0.25, -0.2) is 10.8 Å². The first-order valence-electron chi connectivity index (χ1n) is 6.70. The maximum Gasteiger partial charge on any atom is 0.144 e. The molecule has 5 heteroatoms. The molecule has 0 radical (unpaired) electrons. The molecule has 0 fully saturated rings. The van der Waals surface area contributed by atoms with Crippen molar-refractivity contribution in [1.29, 1.82) is 0 Å². The van der Waals surface area contributed by atoms with Crippen molar-refractivity contribution in [2.75, 3.05) is 18.6 Å². The van der Waals surface area contributed by atoms with E-state index in [9.17, 15) is 0 Å². The van der Waals surface area contributed by atoms with Crippen molar-refractivity contribution < 1.29 is 4.74 Å². The Morgan fingerprint density at radius 2 is 2.15 bits per heavy atom. The number of fused-ring (bicyclic) bond motifs is 1. The van der Waals surface area contributed by atoms with Crippen molar-refractivity contribution >= 4 is 5.82 Å². The van der Waals surface area contributed by atoms with Gasteiger partial charge in [0.15, 0.2) is 0 Å². The van der Waals surface area contributed by atoms with Crippen LogP contribution in [0.5, 0.6) is 5.75 Å². The summed E-state index contributed by atoms with van der Waals surface area (Å²) in [6, 6.07) is 12.2. The van der Waals surface area contributed by atoms with Crippen LogP contribution in [0.15, 0.2) is 42.6 Å². The summed E-state index contributed by atoms with van der Waals surface area (Å²) >= 11 is 0. The number of nitrogens with two attached hydrogens (primary N) is 1. The van der Waals surface area contributed by atoms with E-state index in [0.717, 1.165) is 36.8 Å². The highest BCUT2D eigenvalue weighted by Gasteiger charge is 2.16. The molecule has 1 aromatic carbocycles. The number of aromatic nitrogens is 1. The van der Waals surface area contributed by atoms with E-state index in [2.05, 4.69) is 21.4 Å². The highest BCUT2D eigenvalue weighted by atomic mass is 16.5. The zero-order valence-electron chi connectivity index (χ0n) is 11.2. The van der Waals surface area contributed by atoms with Crippen molar-refractivity contribution in [3.63, 3.8) is 0 Å². The van der Waals surface area contributed by atoms with Gasteiger partial charge in [-0.2, -0.15) is 0 Å². The molecule has 1 aliphatic rings. The molecule has 1 aromatic heterocycles. The van der Waals surface area contributed by atoms with E-state index in [-0.39, 0.29) is 0 Å². The predicted molar refractivity (Wildman–Crippen MR) is 78.1 cm³/mol. The van der Waals surface area contributed by atoms with E-state index in [1.54, 1.807) is 6.20 Å². The minimum absolute atomic E-state index is 0.697. The number of nitrogens with zero attached hydrogens (tertiary/aromatic N) is 2. The SMILES string of the molecule is NNc1ncccc1CN1CCOc2ccccc2C1. The standard InChI is InChI=1S/C15H18N4O/c16-18-15-13(5-3-7-17-15)11-19-8-9-20-14-6-2-1-4-12(14)10-19/h1-7H,8-11,16H2,(H,17,18). The van der Waals surface area contributed by atoms with Crippen molar-refractivity contribution in [1.82, 2.24) is 9.88 Å². The van der Waals surface area contributed by atoms with Gasteiger partial charge in [0, 0.05) is 37.0 Å². The lowest BCUT2D eigenvalue weighted by Crippen LogP contribution is -2.26. The number of para-hydroxylation sites is 1. The molecule has 0 saturated heterocycles. The summed E-state index contributed by atoms with van der Waals surface area (Å²) in [5, 5.41) is 0. The minimum Gasteiger partial charge on any atom is -0.492 e. The second kappa shape index (κ2) is 5.90. The van der Waals surface area contributed by atoms with Crippen LogP contribution in [0.2, 0.25) is 0 Å². The van der Waals surface area contributed by atoms with Gasteiger partial charge in [0.05, 0.1) is 0 Å². The number of hydrazine groups is 1. The van der Waals surface area contributed by atoms with Crippen molar-refractivity contribution in [2.24, 2.45) is 5.84 Å². The van der Waals surface area contributed by atoms with E-state index in [1.807, 2.05) is 30.3 Å². The van der Waals surface area contributed by atoms with Gasteiger partial charge in [-0.15, -0.1) is 0 Å². The normalized spacial score (nSPS) is 15.1. The Hall–Kier alpha value is -2.11. The zero-order valence-corrected chi connectivity index (χ0v) is 11.2. The molecule has 0 atom stereocenters. The third-order valence-corrected chi connectivity index (χ3v) is 3.45. The third kappa shape index (κ3) is 2.74. The van der Waals surface area contributed by atoms with Crippen LogP contribution < -0.4 is 16.0 Å². The fourth-order valence-corrected chi connectivity index (χ4v) is 2.45. The summed E-state index contributed by atoms with van der Waals surface area (Å²) < 4.78 is 5.78. The van der Waals surface area contributed by atoms with Crippen LogP contribution in [0.3, 0.4) is 0 Å². The Morgan fingerprint density at radius 3 is 3.05 bits per heavy atom. The Labute approximate surface area is 118 Å². The lowest BCUT2D eigenvalue weighted by atomic mass is 10.1. The summed E-state index contributed by atoms with van der Waals surface area (Å²) in [6.07, 6.45) is 1.74. The molecule has 5 nitrogen and oxygen atoms in total. The Bertz CT molecular complexity index is 588. The quantitative estimate of drug-likeness (QED) is 0.657. The topological polar surface area (TPSA) is 63.4 Å². The number of ether oxygens (including phenoxy) is 1. The molecule has 104 valence electrons. The molecule has 0 saturated carbocycles. The van der Waals surface area contributed by atoms with Crippen LogP contribution >= 0.6 is 0 Å². The van der Waals surface area contributed by atoms with Crippen LogP contribution in [0.4, 0.5) is 5.82 Å². The molecule has 0 spiro atoms. The number of nitrogens with one attached hydrogen (secondary N) is 1. The fourth-order valence-electron chi connectivity index (χ4n) is 2.45. The number of benzene rings is 1. The minimum atomic E-state index is 0.697. The van der Waals surface area contributed by atoms with E-state index >= 15 is 0 Å². The van der Waals surface area contributed by atoms with Crippen LogP contribution in [0.1, 0.15) is 11.1 Å². The molecule has 0 unspecified atom stereocenters. The predicted octanol–water partition coefficient (Wildman–Crippen LogP) is 1.76. The number of rotatable bonds is 3. The van der Waals surface area contributed by atoms with E-state index in [1.165, 1.54) is 5.56 Å². The summed E-state index contributed by atoms with van der Waals surface area (Å²) in [5.41, 5.74) is 4.96. The third-order valence-electron chi connectivity index (χ3n) is 3.45. The molecule has 0 aliphatic carbocycles. The maximum atomic E-state index is 5.78. The van der Waals surface area contributed by atoms with Gasteiger partial charge in [0.25, 0.3) is 0 Å². The largest absolute Gasteiger partial charge is 0.492 e. The van der Waals surface area contributed by atoms with E-state index < -0.39 is 0 Å². The molecular formula is C15H18N4O. The lowest BCUT2D eigenvalue weighted by molar-refractivity contribution is 0.220. The van der Waals surface area contributed by atoms with Crippen LogP contribution in [0.25, 0.3) is 0 Å². The Kier molecular flexibility index (Phi) is 3.80. The van der Waals surface area contributed by atoms with Crippen LogP contribution in [-0.2, 0) is 13.1 Å². The van der Waals surface area contributed by atoms with Gasteiger partial charge in [-0.05, 0) is 12.1 Å². The molecule has 3 N–H and O–H groups in total. The average Bonchev–Trinajstić information content (AvgIpc) is 2.69. The maximum absolute atomic E-state index is 5.78. The highest BCUT2D eigenvalue weighted by molar-refractivity contribution is 5.42. The Balaban J connectivity index is 1.78. The number of hydrogen-bond donors (Lipinski definition) is 2. The number of anilines is 1. The summed E-state index contributed by atoms with van der Waals surface area (Å²) in [6.45, 7) is 3.25. The first kappa shape index (κ1) is 12.9. The number of hydrogen-bond acceptors (Lipinski definition) is 5. The van der Waals surface area contributed by atoms with Gasteiger partial charge in [-0.1, -0.05) is 24.3 Å². The molecule has 0 bridgehead atoms. The van der Waals surface area contributed by atoms with E-state index in [0.29, 0.717) is 6.61 Å². The van der Waals surface area contributed by atoms with Gasteiger partial charge in [0.2, 0.25) is 0 Å². The zero-order chi connectivity index (χ0) is 13.8. The molecule has 1 aliphatic heterocycles. The van der Waals surface area contributed by atoms with Crippen LogP contribution in [-0.4, -0.2) is 23.0 Å². The fraction of sp³-hybridized carbons (Fsp3) is 0.267. The molecule has 2 heterocycles. The second-order valence-electron chi connectivity index (χ2n) is 4.82. The van der Waals surface area contributed by atoms with Gasteiger partial charge in [0.1, 0.15) is 18.2 Å². The molecule has 2 aromatic rings. The monoisotopic (exact) mass is 270 g/mol. The first-order chi connectivity index (χ1) is 9.86. The number of pyridine rings is 1.